The number of anilines is 2. The molecular weight excluding hydrogens is 240 g/mol. The third-order valence-electron chi connectivity index (χ3n) is 3.57. The lowest BCUT2D eigenvalue weighted by Gasteiger charge is -2.31. The molecule has 5 N–H and O–H groups in total. The lowest BCUT2D eigenvalue weighted by atomic mass is 9.97. The molecule has 0 saturated carbocycles. The summed E-state index contributed by atoms with van der Waals surface area (Å²) < 4.78 is 0. The highest BCUT2D eigenvalue weighted by molar-refractivity contribution is 5.78. The van der Waals surface area contributed by atoms with Crippen LogP contribution in [0.5, 0.6) is 0 Å². The highest BCUT2D eigenvalue weighted by atomic mass is 16.2. The zero-order valence-corrected chi connectivity index (χ0v) is 11.3. The third-order valence-corrected chi connectivity index (χ3v) is 3.57. The van der Waals surface area contributed by atoms with Crippen molar-refractivity contribution in [2.75, 3.05) is 10.6 Å². The Labute approximate surface area is 113 Å². The first-order chi connectivity index (χ1) is 9.19. The number of nitrogens with two attached hydrogens (primary N) is 1. The summed E-state index contributed by atoms with van der Waals surface area (Å²) in [7, 11) is 0. The van der Waals surface area contributed by atoms with Gasteiger partial charge in [-0.3, -0.25) is 10.2 Å². The summed E-state index contributed by atoms with van der Waals surface area (Å²) >= 11 is 0. The van der Waals surface area contributed by atoms with Crippen LogP contribution >= 0.6 is 0 Å². The van der Waals surface area contributed by atoms with Crippen molar-refractivity contribution < 1.29 is 4.79 Å². The topological polar surface area (TPSA) is 79.2 Å². The number of para-hydroxylation sites is 2. The van der Waals surface area contributed by atoms with Gasteiger partial charge in [0.05, 0.1) is 11.4 Å². The van der Waals surface area contributed by atoms with Crippen molar-refractivity contribution in [2.45, 2.75) is 44.7 Å². The van der Waals surface area contributed by atoms with Crippen molar-refractivity contribution in [3.8, 4) is 0 Å². The number of hydrogen-bond acceptors (Lipinski definition) is 4. The Hall–Kier alpha value is -1.75. The number of benzene rings is 1. The van der Waals surface area contributed by atoms with Crippen LogP contribution in [-0.4, -0.2) is 11.6 Å². The molecule has 0 bridgehead atoms. The predicted octanol–water partition coefficient (Wildman–Crippen LogP) is 2.18. The van der Waals surface area contributed by atoms with Crippen LogP contribution < -0.4 is 21.9 Å². The van der Waals surface area contributed by atoms with Crippen molar-refractivity contribution in [3.63, 3.8) is 0 Å². The fourth-order valence-corrected chi connectivity index (χ4v) is 2.50. The molecular formula is C14H22N4O. The Morgan fingerprint density at radius 1 is 1.26 bits per heavy atom. The second-order valence-corrected chi connectivity index (χ2v) is 5.05. The number of carbonyl (C=O) groups excluding carboxylic acids is 1. The summed E-state index contributed by atoms with van der Waals surface area (Å²) in [6, 6.07) is 8.13. The van der Waals surface area contributed by atoms with Crippen LogP contribution in [0, 0.1) is 0 Å². The maximum atomic E-state index is 11.4. The van der Waals surface area contributed by atoms with Crippen LogP contribution in [0.4, 0.5) is 11.4 Å². The maximum Gasteiger partial charge on any atom is 0.234 e. The molecule has 1 amide bonds. The highest BCUT2D eigenvalue weighted by Gasteiger charge is 2.35. The van der Waals surface area contributed by atoms with E-state index in [9.17, 15) is 4.79 Å². The smallest absolute Gasteiger partial charge is 0.234 e. The highest BCUT2D eigenvalue weighted by Crippen LogP contribution is 2.38. The van der Waals surface area contributed by atoms with Gasteiger partial charge in [0.1, 0.15) is 5.66 Å². The lowest BCUT2D eigenvalue weighted by Crippen LogP contribution is -2.43. The lowest BCUT2D eigenvalue weighted by molar-refractivity contribution is -0.121. The molecule has 0 aliphatic carbocycles. The minimum Gasteiger partial charge on any atom is -0.361 e. The van der Waals surface area contributed by atoms with Gasteiger partial charge in [0.2, 0.25) is 5.91 Å². The van der Waals surface area contributed by atoms with Gasteiger partial charge >= 0.3 is 0 Å². The standard InChI is InChI=1S/C14H22N4O/c1-2-3-9-14(10-8-13(19)18-15)16-11-6-4-5-7-12(11)17-14/h4-7,16-17H,2-3,8-10,15H2,1H3,(H,18,19). The molecule has 0 saturated heterocycles. The molecule has 1 heterocycles. The molecule has 0 radical (unpaired) electrons. The molecule has 2 rings (SSSR count). The predicted molar refractivity (Wildman–Crippen MR) is 77.5 cm³/mol. The number of nitrogens with one attached hydrogen (secondary N) is 3. The Bertz CT molecular complexity index is 422. The minimum absolute atomic E-state index is 0.129. The first-order valence-corrected chi connectivity index (χ1v) is 6.84. The molecule has 5 nitrogen and oxygen atoms in total. The number of fused-ring (bicyclic) bond motifs is 1. The second kappa shape index (κ2) is 5.93. The average molecular weight is 262 g/mol. The molecule has 0 spiro atoms. The van der Waals surface area contributed by atoms with Crippen molar-refractivity contribution >= 4 is 17.3 Å². The largest absolute Gasteiger partial charge is 0.361 e. The third kappa shape index (κ3) is 3.17. The van der Waals surface area contributed by atoms with Crippen LogP contribution in [-0.2, 0) is 4.79 Å². The number of carbonyl (C=O) groups is 1. The number of rotatable bonds is 6. The van der Waals surface area contributed by atoms with Crippen molar-refractivity contribution in [2.24, 2.45) is 5.84 Å². The zero-order valence-electron chi connectivity index (χ0n) is 11.3. The molecule has 19 heavy (non-hydrogen) atoms. The Morgan fingerprint density at radius 2 is 1.89 bits per heavy atom. The molecule has 1 aliphatic rings. The maximum absolute atomic E-state index is 11.4. The van der Waals surface area contributed by atoms with Crippen LogP contribution in [0.25, 0.3) is 0 Å². The minimum atomic E-state index is -0.230. The summed E-state index contributed by atoms with van der Waals surface area (Å²) in [4.78, 5) is 11.4. The molecule has 0 fully saturated rings. The van der Waals surface area contributed by atoms with Gasteiger partial charge in [0, 0.05) is 6.42 Å². The Balaban J connectivity index is 2.08. The average Bonchev–Trinajstić information content (AvgIpc) is 2.81. The first kappa shape index (κ1) is 13.7. The summed E-state index contributed by atoms with van der Waals surface area (Å²) in [6.07, 6.45) is 4.34. The van der Waals surface area contributed by atoms with Gasteiger partial charge < -0.3 is 10.6 Å². The summed E-state index contributed by atoms with van der Waals surface area (Å²) in [5.41, 5.74) is 4.17. The van der Waals surface area contributed by atoms with E-state index in [2.05, 4.69) is 35.1 Å². The van der Waals surface area contributed by atoms with Crippen LogP contribution in [0.3, 0.4) is 0 Å². The van der Waals surface area contributed by atoms with Crippen molar-refractivity contribution in [1.82, 2.24) is 5.43 Å². The van der Waals surface area contributed by atoms with Gasteiger partial charge in [-0.05, 0) is 31.4 Å². The van der Waals surface area contributed by atoms with E-state index in [1.807, 2.05) is 12.1 Å². The van der Waals surface area contributed by atoms with Gasteiger partial charge in [0.15, 0.2) is 0 Å². The quantitative estimate of drug-likeness (QED) is 0.360. The summed E-state index contributed by atoms with van der Waals surface area (Å²) in [5, 5.41) is 7.06. The summed E-state index contributed by atoms with van der Waals surface area (Å²) in [6.45, 7) is 2.17. The van der Waals surface area contributed by atoms with Gasteiger partial charge in [0.25, 0.3) is 0 Å². The number of amides is 1. The Kier molecular flexibility index (Phi) is 4.27. The van der Waals surface area contributed by atoms with Crippen LogP contribution in [0.2, 0.25) is 0 Å². The molecule has 104 valence electrons. The second-order valence-electron chi connectivity index (χ2n) is 5.05. The van der Waals surface area contributed by atoms with Gasteiger partial charge in [-0.15, -0.1) is 0 Å². The monoisotopic (exact) mass is 262 g/mol. The van der Waals surface area contributed by atoms with E-state index in [-0.39, 0.29) is 11.6 Å². The van der Waals surface area contributed by atoms with E-state index < -0.39 is 0 Å². The summed E-state index contributed by atoms with van der Waals surface area (Å²) in [5.74, 6) is 5.01. The number of unbranched alkanes of at least 4 members (excludes halogenated alkanes) is 1. The Morgan fingerprint density at radius 3 is 2.42 bits per heavy atom. The van der Waals surface area contributed by atoms with Crippen molar-refractivity contribution in [3.05, 3.63) is 24.3 Å². The van der Waals surface area contributed by atoms with Gasteiger partial charge in [-0.25, -0.2) is 5.84 Å². The number of hydrogen-bond donors (Lipinski definition) is 4. The SMILES string of the molecule is CCCCC1(CCC(=O)NN)Nc2ccccc2N1. The normalized spacial score (nSPS) is 15.3. The van der Waals surface area contributed by atoms with E-state index in [4.69, 9.17) is 5.84 Å². The molecule has 0 unspecified atom stereocenters. The van der Waals surface area contributed by atoms with E-state index in [0.717, 1.165) is 30.6 Å². The molecule has 1 aromatic carbocycles. The van der Waals surface area contributed by atoms with Crippen molar-refractivity contribution in [1.29, 1.82) is 0 Å². The molecule has 1 aliphatic heterocycles. The van der Waals surface area contributed by atoms with Crippen LogP contribution in [0.1, 0.15) is 39.0 Å². The van der Waals surface area contributed by atoms with E-state index >= 15 is 0 Å². The fraction of sp³-hybridized carbons (Fsp3) is 0.500. The first-order valence-electron chi connectivity index (χ1n) is 6.84. The van der Waals surface area contributed by atoms with E-state index in [1.165, 1.54) is 0 Å². The van der Waals surface area contributed by atoms with E-state index in [1.54, 1.807) is 0 Å². The zero-order chi connectivity index (χ0) is 13.7. The molecule has 5 heteroatoms. The number of hydrazine groups is 1. The van der Waals surface area contributed by atoms with Gasteiger partial charge in [-0.2, -0.15) is 0 Å². The molecule has 0 atom stereocenters. The van der Waals surface area contributed by atoms with E-state index in [0.29, 0.717) is 12.8 Å². The fourth-order valence-electron chi connectivity index (χ4n) is 2.50. The van der Waals surface area contributed by atoms with Gasteiger partial charge in [-0.1, -0.05) is 25.5 Å². The molecule has 0 aromatic heterocycles. The molecule has 1 aromatic rings. The van der Waals surface area contributed by atoms with Crippen LogP contribution in [0.15, 0.2) is 24.3 Å².